The first kappa shape index (κ1) is 31.2. The summed E-state index contributed by atoms with van der Waals surface area (Å²) in [6.45, 7) is 2.83. The molecule has 9 nitrogen and oxygen atoms in total. The molecule has 1 aliphatic rings. The van der Waals surface area contributed by atoms with Crippen molar-refractivity contribution >= 4 is 38.6 Å². The minimum Gasteiger partial charge on any atom is -0.445 e. The van der Waals surface area contributed by atoms with Gasteiger partial charge in [0.05, 0.1) is 18.8 Å². The largest absolute Gasteiger partial charge is 0.445 e. The number of amides is 2. The molecule has 0 saturated carbocycles. The normalized spacial score (nSPS) is 16.7. The fraction of sp³-hybridized carbons (Fsp3) is 0.406. The Morgan fingerprint density at radius 2 is 1.74 bits per heavy atom. The summed E-state index contributed by atoms with van der Waals surface area (Å²) >= 11 is 0. The summed E-state index contributed by atoms with van der Waals surface area (Å²) in [5.74, 6) is -0.574. The van der Waals surface area contributed by atoms with Crippen LogP contribution >= 0.6 is 0 Å². The number of hydrogen-bond acceptors (Lipinski definition) is 6. The Morgan fingerprint density at radius 3 is 2.48 bits per heavy atom. The molecule has 0 aliphatic carbocycles. The van der Waals surface area contributed by atoms with Crippen LogP contribution in [-0.2, 0) is 37.5 Å². The van der Waals surface area contributed by atoms with Gasteiger partial charge < -0.3 is 15.0 Å². The van der Waals surface area contributed by atoms with Crippen LogP contribution in [0.15, 0.2) is 72.8 Å². The quantitative estimate of drug-likeness (QED) is 0.350. The number of hydrogen-bond donors (Lipinski definition) is 1. The van der Waals surface area contributed by atoms with E-state index in [0.717, 1.165) is 21.9 Å². The SMILES string of the molecule is C[C@@H](CCC(=O)NC1CCCN(C(=O)OCc2ccccc2)CC1=O)CN(Cc1ccc2ccccc2c1)S(C)(=O)=O. The van der Waals surface area contributed by atoms with Crippen molar-refractivity contribution in [2.45, 2.75) is 51.8 Å². The second-order valence-corrected chi connectivity index (χ2v) is 13.1. The third kappa shape index (κ3) is 9.12. The lowest BCUT2D eigenvalue weighted by molar-refractivity contribution is -0.128. The van der Waals surface area contributed by atoms with E-state index in [0.29, 0.717) is 25.8 Å². The number of sulfonamides is 1. The van der Waals surface area contributed by atoms with E-state index in [1.165, 1.54) is 15.5 Å². The number of ether oxygens (including phenoxy) is 1. The molecule has 0 aromatic heterocycles. The first-order chi connectivity index (χ1) is 20.1. The molecule has 0 bridgehead atoms. The standard InChI is InChI=1S/C32H39N3O6S/c1-24(20-35(42(2,39)40)21-26-15-16-27-11-6-7-12-28(27)19-26)14-17-31(37)33-29-13-8-18-34(22-30(29)36)32(38)41-23-25-9-4-3-5-10-25/h3-7,9-12,15-16,19,24,29H,8,13-14,17-18,20-23H2,1-2H3,(H,33,37)/t24-,29?/m0/s1. The molecule has 42 heavy (non-hydrogen) atoms. The van der Waals surface area contributed by atoms with Gasteiger partial charge >= 0.3 is 6.09 Å². The lowest BCUT2D eigenvalue weighted by Gasteiger charge is -2.24. The number of Topliss-reactive ketones (excluding diaryl/α,β-unsaturated/α-hetero) is 1. The number of benzene rings is 3. The molecule has 2 amide bonds. The van der Waals surface area contributed by atoms with Gasteiger partial charge in [-0.15, -0.1) is 0 Å². The number of rotatable bonds is 11. The number of fused-ring (bicyclic) bond motifs is 1. The van der Waals surface area contributed by atoms with E-state index in [4.69, 9.17) is 4.74 Å². The highest BCUT2D eigenvalue weighted by molar-refractivity contribution is 7.88. The molecular formula is C32H39N3O6S. The molecule has 4 rings (SSSR count). The van der Waals surface area contributed by atoms with Gasteiger partial charge in [-0.2, -0.15) is 4.31 Å². The van der Waals surface area contributed by atoms with Crippen LogP contribution in [0, 0.1) is 5.92 Å². The van der Waals surface area contributed by atoms with Gasteiger partial charge in [0.15, 0.2) is 5.78 Å². The maximum absolute atomic E-state index is 12.9. The van der Waals surface area contributed by atoms with Crippen LogP contribution in [-0.4, -0.2) is 67.3 Å². The van der Waals surface area contributed by atoms with E-state index in [9.17, 15) is 22.8 Å². The van der Waals surface area contributed by atoms with Crippen LogP contribution in [0.2, 0.25) is 0 Å². The first-order valence-electron chi connectivity index (χ1n) is 14.3. The smallest absolute Gasteiger partial charge is 0.410 e. The summed E-state index contributed by atoms with van der Waals surface area (Å²) in [6.07, 6.45) is 2.29. The van der Waals surface area contributed by atoms with E-state index >= 15 is 0 Å². The van der Waals surface area contributed by atoms with Crippen molar-refractivity contribution in [2.24, 2.45) is 5.92 Å². The molecule has 1 heterocycles. The Balaban J connectivity index is 1.24. The summed E-state index contributed by atoms with van der Waals surface area (Å²) in [5.41, 5.74) is 1.76. The van der Waals surface area contributed by atoms with E-state index < -0.39 is 22.2 Å². The zero-order valence-electron chi connectivity index (χ0n) is 24.2. The van der Waals surface area contributed by atoms with Crippen molar-refractivity contribution in [3.63, 3.8) is 0 Å². The second kappa shape index (κ2) is 14.4. The topological polar surface area (TPSA) is 113 Å². The Hall–Kier alpha value is -3.76. The number of carbonyl (C=O) groups excluding carboxylic acids is 3. The molecule has 224 valence electrons. The number of likely N-dealkylation sites (tertiary alicyclic amines) is 1. The monoisotopic (exact) mass is 593 g/mol. The molecule has 3 aromatic carbocycles. The Morgan fingerprint density at radius 1 is 1.02 bits per heavy atom. The van der Waals surface area contributed by atoms with E-state index in [2.05, 4.69) is 5.32 Å². The third-order valence-electron chi connectivity index (χ3n) is 7.48. The lowest BCUT2D eigenvalue weighted by atomic mass is 10.0. The van der Waals surface area contributed by atoms with E-state index in [1.807, 2.05) is 79.7 Å². The van der Waals surface area contributed by atoms with Crippen molar-refractivity contribution < 1.29 is 27.5 Å². The molecule has 3 aromatic rings. The van der Waals surface area contributed by atoms with Gasteiger partial charge in [-0.3, -0.25) is 9.59 Å². The fourth-order valence-corrected chi connectivity index (χ4v) is 5.99. The summed E-state index contributed by atoms with van der Waals surface area (Å²) in [5, 5.41) is 4.96. The molecule has 1 N–H and O–H groups in total. The number of ketones is 1. The highest BCUT2D eigenvalue weighted by Crippen LogP contribution is 2.20. The average molecular weight is 594 g/mol. The Labute approximate surface area is 247 Å². The molecule has 0 radical (unpaired) electrons. The minimum atomic E-state index is -3.47. The van der Waals surface area contributed by atoms with Crippen LogP contribution in [0.4, 0.5) is 4.79 Å². The fourth-order valence-electron chi connectivity index (χ4n) is 5.08. The van der Waals surface area contributed by atoms with Gasteiger partial charge in [0, 0.05) is 26.1 Å². The van der Waals surface area contributed by atoms with Crippen LogP contribution in [0.3, 0.4) is 0 Å². The lowest BCUT2D eigenvalue weighted by Crippen LogP contribution is -2.44. The van der Waals surface area contributed by atoms with E-state index in [-0.39, 0.29) is 50.3 Å². The zero-order valence-corrected chi connectivity index (χ0v) is 25.0. The molecular weight excluding hydrogens is 554 g/mol. The molecule has 1 unspecified atom stereocenters. The summed E-state index contributed by atoms with van der Waals surface area (Å²) in [6, 6.07) is 22.5. The number of nitrogens with one attached hydrogen (secondary N) is 1. The van der Waals surface area contributed by atoms with Crippen molar-refractivity contribution in [3.8, 4) is 0 Å². The first-order valence-corrected chi connectivity index (χ1v) is 16.1. The highest BCUT2D eigenvalue weighted by Gasteiger charge is 2.29. The van der Waals surface area contributed by atoms with Gasteiger partial charge in [0.1, 0.15) is 6.61 Å². The van der Waals surface area contributed by atoms with Gasteiger partial charge in [-0.25, -0.2) is 13.2 Å². The van der Waals surface area contributed by atoms with Gasteiger partial charge in [-0.05, 0) is 53.1 Å². The van der Waals surface area contributed by atoms with Crippen molar-refractivity contribution in [1.29, 1.82) is 0 Å². The second-order valence-electron chi connectivity index (χ2n) is 11.1. The average Bonchev–Trinajstić information content (AvgIpc) is 3.15. The highest BCUT2D eigenvalue weighted by atomic mass is 32.2. The third-order valence-corrected chi connectivity index (χ3v) is 8.69. The molecule has 1 saturated heterocycles. The van der Waals surface area contributed by atoms with Crippen LogP contribution in [0.5, 0.6) is 0 Å². The van der Waals surface area contributed by atoms with Crippen molar-refractivity contribution in [1.82, 2.24) is 14.5 Å². The molecule has 0 spiro atoms. The minimum absolute atomic E-state index is 0.0781. The van der Waals surface area contributed by atoms with Gasteiger partial charge in [0.25, 0.3) is 0 Å². The predicted molar refractivity (Wildman–Crippen MR) is 162 cm³/mol. The molecule has 2 atom stereocenters. The van der Waals surface area contributed by atoms with Crippen LogP contribution in [0.1, 0.15) is 43.7 Å². The molecule has 1 aliphatic heterocycles. The van der Waals surface area contributed by atoms with Gasteiger partial charge in [0.2, 0.25) is 15.9 Å². The Bertz CT molecular complexity index is 1490. The molecule has 1 fully saturated rings. The number of carbonyl (C=O) groups is 3. The van der Waals surface area contributed by atoms with Crippen molar-refractivity contribution in [3.05, 3.63) is 83.9 Å². The predicted octanol–water partition coefficient (Wildman–Crippen LogP) is 4.50. The van der Waals surface area contributed by atoms with E-state index in [1.54, 1.807) is 0 Å². The van der Waals surface area contributed by atoms with Crippen LogP contribution < -0.4 is 5.32 Å². The van der Waals surface area contributed by atoms with Crippen LogP contribution in [0.25, 0.3) is 10.8 Å². The maximum atomic E-state index is 12.9. The molecule has 10 heteroatoms. The maximum Gasteiger partial charge on any atom is 0.410 e. The number of nitrogens with zero attached hydrogens (tertiary/aromatic N) is 2. The summed E-state index contributed by atoms with van der Waals surface area (Å²) in [7, 11) is -3.47. The van der Waals surface area contributed by atoms with Crippen molar-refractivity contribution in [2.75, 3.05) is 25.9 Å². The van der Waals surface area contributed by atoms with Gasteiger partial charge in [-0.1, -0.05) is 73.7 Å². The summed E-state index contributed by atoms with van der Waals surface area (Å²) in [4.78, 5) is 39.5. The zero-order chi connectivity index (χ0) is 30.1. The Kier molecular flexibility index (Phi) is 10.7. The summed E-state index contributed by atoms with van der Waals surface area (Å²) < 4.78 is 31.9.